The van der Waals surface area contributed by atoms with Gasteiger partial charge in [0.25, 0.3) is 0 Å². The third-order valence-corrected chi connectivity index (χ3v) is 4.12. The molecule has 1 N–H and O–H groups in total. The fraction of sp³-hybridized carbons (Fsp3) is 0.294. The van der Waals surface area contributed by atoms with E-state index in [4.69, 9.17) is 0 Å². The molecule has 3 rings (SSSR count). The highest BCUT2D eigenvalue weighted by molar-refractivity contribution is 5.35. The predicted molar refractivity (Wildman–Crippen MR) is 73.4 cm³/mol. The average molecular weight is 292 g/mol. The summed E-state index contributed by atoms with van der Waals surface area (Å²) in [5.74, 6) is -3.61. The van der Waals surface area contributed by atoms with Gasteiger partial charge < -0.3 is 5.11 Å². The van der Waals surface area contributed by atoms with E-state index in [1.165, 1.54) is 6.42 Å². The molecule has 2 aromatic rings. The highest BCUT2D eigenvalue weighted by Gasteiger charge is 2.21. The summed E-state index contributed by atoms with van der Waals surface area (Å²) in [4.78, 5) is 0. The lowest BCUT2D eigenvalue weighted by Crippen LogP contribution is -2.10. The van der Waals surface area contributed by atoms with E-state index in [9.17, 15) is 18.3 Å². The predicted octanol–water partition coefficient (Wildman–Crippen LogP) is 4.45. The molecular formula is C17H15F3O. The number of aliphatic hydroxyl groups excluding tert-OH is 1. The zero-order valence-corrected chi connectivity index (χ0v) is 11.3. The first-order valence-corrected chi connectivity index (χ1v) is 6.98. The van der Waals surface area contributed by atoms with Crippen molar-refractivity contribution in [2.24, 2.45) is 0 Å². The maximum Gasteiger partial charge on any atom is 0.194 e. The Kier molecular flexibility index (Phi) is 3.72. The molecule has 0 aromatic heterocycles. The lowest BCUT2D eigenvalue weighted by molar-refractivity contribution is 0.218. The molecule has 1 atom stereocenters. The molecule has 1 aliphatic rings. The molecule has 2 aromatic carbocycles. The van der Waals surface area contributed by atoms with Gasteiger partial charge in [-0.3, -0.25) is 0 Å². The molecule has 1 saturated carbocycles. The van der Waals surface area contributed by atoms with Crippen molar-refractivity contribution in [1.29, 1.82) is 0 Å². The van der Waals surface area contributed by atoms with E-state index in [0.29, 0.717) is 11.5 Å². The van der Waals surface area contributed by atoms with Crippen LogP contribution in [-0.4, -0.2) is 5.11 Å². The summed E-state index contributed by atoms with van der Waals surface area (Å²) in [5, 5.41) is 10.3. The molecule has 1 fully saturated rings. The summed E-state index contributed by atoms with van der Waals surface area (Å²) >= 11 is 0. The van der Waals surface area contributed by atoms with Gasteiger partial charge in [-0.2, -0.15) is 0 Å². The van der Waals surface area contributed by atoms with Crippen LogP contribution in [0.5, 0.6) is 0 Å². The fourth-order valence-electron chi connectivity index (χ4n) is 2.65. The molecule has 0 radical (unpaired) electrons. The van der Waals surface area contributed by atoms with Crippen molar-refractivity contribution in [2.75, 3.05) is 0 Å². The summed E-state index contributed by atoms with van der Waals surface area (Å²) in [6, 6.07) is 9.03. The molecule has 0 spiro atoms. The Morgan fingerprint density at radius 2 is 1.62 bits per heavy atom. The Hall–Kier alpha value is -1.81. The lowest BCUT2D eigenvalue weighted by atomic mass is 9.79. The van der Waals surface area contributed by atoms with Gasteiger partial charge in [-0.15, -0.1) is 0 Å². The van der Waals surface area contributed by atoms with Crippen molar-refractivity contribution in [3.63, 3.8) is 0 Å². The molecule has 4 heteroatoms. The van der Waals surface area contributed by atoms with Crippen molar-refractivity contribution in [1.82, 2.24) is 0 Å². The van der Waals surface area contributed by atoms with Crippen LogP contribution in [0, 0.1) is 17.5 Å². The van der Waals surface area contributed by atoms with Crippen LogP contribution in [0.3, 0.4) is 0 Å². The first-order chi connectivity index (χ1) is 10.1. The van der Waals surface area contributed by atoms with E-state index in [1.807, 2.05) is 18.2 Å². The average Bonchev–Trinajstić information content (AvgIpc) is 2.42. The highest BCUT2D eigenvalue weighted by Crippen LogP contribution is 2.37. The fourth-order valence-corrected chi connectivity index (χ4v) is 2.65. The third-order valence-electron chi connectivity index (χ3n) is 4.12. The van der Waals surface area contributed by atoms with E-state index in [1.54, 1.807) is 6.07 Å². The standard InChI is InChI=1S/C17H15F3O/c18-14-8-13(9-15(19)16(14)20)17(21)12-6-2-5-11(7-12)10-3-1-4-10/h2,5-10,17,21H,1,3-4H2. The molecule has 0 amide bonds. The van der Waals surface area contributed by atoms with Crippen molar-refractivity contribution < 1.29 is 18.3 Å². The normalized spacial score (nSPS) is 16.6. The van der Waals surface area contributed by atoms with Gasteiger partial charge in [0.1, 0.15) is 6.10 Å². The molecular weight excluding hydrogens is 277 g/mol. The summed E-state index contributed by atoms with van der Waals surface area (Å²) in [7, 11) is 0. The highest BCUT2D eigenvalue weighted by atomic mass is 19.2. The Balaban J connectivity index is 1.92. The maximum absolute atomic E-state index is 13.3. The van der Waals surface area contributed by atoms with Crippen LogP contribution in [0.4, 0.5) is 13.2 Å². The van der Waals surface area contributed by atoms with E-state index in [-0.39, 0.29) is 5.56 Å². The lowest BCUT2D eigenvalue weighted by Gasteiger charge is -2.26. The van der Waals surface area contributed by atoms with Crippen LogP contribution in [0.15, 0.2) is 36.4 Å². The van der Waals surface area contributed by atoms with Gasteiger partial charge in [0.15, 0.2) is 17.5 Å². The van der Waals surface area contributed by atoms with Crippen molar-refractivity contribution in [2.45, 2.75) is 31.3 Å². The second kappa shape index (κ2) is 5.53. The molecule has 0 aliphatic heterocycles. The number of aliphatic hydroxyl groups is 1. The smallest absolute Gasteiger partial charge is 0.194 e. The zero-order valence-electron chi connectivity index (χ0n) is 11.3. The van der Waals surface area contributed by atoms with Gasteiger partial charge in [0.2, 0.25) is 0 Å². The molecule has 0 heterocycles. The number of halogens is 3. The van der Waals surface area contributed by atoms with Crippen molar-refractivity contribution >= 4 is 0 Å². The van der Waals surface area contributed by atoms with E-state index in [2.05, 4.69) is 0 Å². The minimum absolute atomic E-state index is 0.0113. The van der Waals surface area contributed by atoms with Crippen LogP contribution in [0.1, 0.15) is 48.0 Å². The number of hydrogen-bond acceptors (Lipinski definition) is 1. The van der Waals surface area contributed by atoms with E-state index < -0.39 is 23.6 Å². The first-order valence-electron chi connectivity index (χ1n) is 6.98. The van der Waals surface area contributed by atoms with E-state index >= 15 is 0 Å². The number of benzene rings is 2. The third kappa shape index (κ3) is 2.68. The van der Waals surface area contributed by atoms with Crippen LogP contribution < -0.4 is 0 Å². The zero-order chi connectivity index (χ0) is 15.0. The van der Waals surface area contributed by atoms with Gasteiger partial charge in [-0.1, -0.05) is 30.7 Å². The van der Waals surface area contributed by atoms with Crippen LogP contribution in [0.2, 0.25) is 0 Å². The van der Waals surface area contributed by atoms with Gasteiger partial charge >= 0.3 is 0 Å². The molecule has 1 nitrogen and oxygen atoms in total. The van der Waals surface area contributed by atoms with Crippen LogP contribution in [0.25, 0.3) is 0 Å². The molecule has 0 saturated heterocycles. The summed E-state index contributed by atoms with van der Waals surface area (Å²) in [5.41, 5.74) is 1.70. The number of rotatable bonds is 3. The SMILES string of the molecule is OC(c1cccc(C2CCC2)c1)c1cc(F)c(F)c(F)c1. The van der Waals surface area contributed by atoms with Crippen molar-refractivity contribution in [3.05, 3.63) is 70.5 Å². The second-order valence-corrected chi connectivity index (χ2v) is 5.50. The van der Waals surface area contributed by atoms with Gasteiger partial charge in [0, 0.05) is 0 Å². The van der Waals surface area contributed by atoms with Gasteiger partial charge in [-0.25, -0.2) is 13.2 Å². The first kappa shape index (κ1) is 14.1. The minimum atomic E-state index is -1.52. The minimum Gasteiger partial charge on any atom is -0.384 e. The van der Waals surface area contributed by atoms with E-state index in [0.717, 1.165) is 30.5 Å². The van der Waals surface area contributed by atoms with Crippen molar-refractivity contribution in [3.8, 4) is 0 Å². The number of hydrogen-bond donors (Lipinski definition) is 1. The summed E-state index contributed by atoms with van der Waals surface area (Å²) < 4.78 is 39.5. The largest absolute Gasteiger partial charge is 0.384 e. The molecule has 1 unspecified atom stereocenters. The second-order valence-electron chi connectivity index (χ2n) is 5.50. The monoisotopic (exact) mass is 292 g/mol. The Morgan fingerprint density at radius 1 is 0.952 bits per heavy atom. The van der Waals surface area contributed by atoms with Crippen LogP contribution in [-0.2, 0) is 0 Å². The maximum atomic E-state index is 13.3. The topological polar surface area (TPSA) is 20.2 Å². The molecule has 110 valence electrons. The Bertz CT molecular complexity index is 642. The summed E-state index contributed by atoms with van der Waals surface area (Å²) in [6.07, 6.45) is 2.28. The van der Waals surface area contributed by atoms with Crippen LogP contribution >= 0.6 is 0 Å². The summed E-state index contributed by atoms with van der Waals surface area (Å²) in [6.45, 7) is 0. The molecule has 21 heavy (non-hydrogen) atoms. The molecule has 1 aliphatic carbocycles. The van der Waals surface area contributed by atoms with Gasteiger partial charge in [-0.05, 0) is 47.6 Å². The van der Waals surface area contributed by atoms with Gasteiger partial charge in [0.05, 0.1) is 0 Å². The Morgan fingerprint density at radius 3 is 2.19 bits per heavy atom. The molecule has 0 bridgehead atoms. The Labute approximate surface area is 121 Å². The quantitative estimate of drug-likeness (QED) is 0.828.